The highest BCUT2D eigenvalue weighted by Crippen LogP contribution is 2.21. The Morgan fingerprint density at radius 1 is 1.15 bits per heavy atom. The highest BCUT2D eigenvalue weighted by atomic mass is 79.9. The number of benzene rings is 2. The van der Waals surface area contributed by atoms with E-state index in [1.807, 2.05) is 41.3 Å². The van der Waals surface area contributed by atoms with Gasteiger partial charge >= 0.3 is 0 Å². The second-order valence-electron chi connectivity index (χ2n) is 4.69. The smallest absolute Gasteiger partial charge is 0.253 e. The van der Waals surface area contributed by atoms with Crippen LogP contribution in [0.1, 0.15) is 23.7 Å². The molecule has 0 saturated carbocycles. The third-order valence-electron chi connectivity index (χ3n) is 3.18. The van der Waals surface area contributed by atoms with Crippen molar-refractivity contribution in [2.75, 3.05) is 19.0 Å². The SMILES string of the molecule is CCCN(CCCl)C(=O)c1ccc2cc(Br)ccc2c1. The van der Waals surface area contributed by atoms with Gasteiger partial charge in [-0.3, -0.25) is 4.79 Å². The van der Waals surface area contributed by atoms with Crippen LogP contribution in [0.4, 0.5) is 0 Å². The van der Waals surface area contributed by atoms with E-state index in [4.69, 9.17) is 11.6 Å². The Balaban J connectivity index is 2.31. The van der Waals surface area contributed by atoms with Crippen molar-refractivity contribution in [3.05, 3.63) is 46.4 Å². The molecular formula is C16H17BrClNO. The number of hydrogen-bond donors (Lipinski definition) is 0. The summed E-state index contributed by atoms with van der Waals surface area (Å²) in [6.45, 7) is 3.39. The molecule has 0 N–H and O–H groups in total. The minimum absolute atomic E-state index is 0.0531. The molecule has 0 unspecified atom stereocenters. The third-order valence-corrected chi connectivity index (χ3v) is 3.85. The van der Waals surface area contributed by atoms with Crippen molar-refractivity contribution in [1.82, 2.24) is 4.90 Å². The average molecular weight is 355 g/mol. The number of carbonyl (C=O) groups excluding carboxylic acids is 1. The highest BCUT2D eigenvalue weighted by molar-refractivity contribution is 9.10. The predicted molar refractivity (Wildman–Crippen MR) is 88.6 cm³/mol. The van der Waals surface area contributed by atoms with Gasteiger partial charge in [0.15, 0.2) is 0 Å². The zero-order valence-electron chi connectivity index (χ0n) is 11.4. The van der Waals surface area contributed by atoms with Gasteiger partial charge in [0.1, 0.15) is 0 Å². The first-order chi connectivity index (χ1) is 9.65. The van der Waals surface area contributed by atoms with Gasteiger partial charge in [-0.1, -0.05) is 35.0 Å². The summed E-state index contributed by atoms with van der Waals surface area (Å²) in [5.74, 6) is 0.518. The normalized spacial score (nSPS) is 10.8. The fourth-order valence-corrected chi connectivity index (χ4v) is 2.80. The van der Waals surface area contributed by atoms with Gasteiger partial charge < -0.3 is 4.90 Å². The van der Waals surface area contributed by atoms with Crippen molar-refractivity contribution in [2.45, 2.75) is 13.3 Å². The highest BCUT2D eigenvalue weighted by Gasteiger charge is 2.14. The second-order valence-corrected chi connectivity index (χ2v) is 5.98. The van der Waals surface area contributed by atoms with Gasteiger partial charge in [-0.15, -0.1) is 11.6 Å². The average Bonchev–Trinajstić information content (AvgIpc) is 2.45. The number of fused-ring (bicyclic) bond motifs is 1. The first-order valence-electron chi connectivity index (χ1n) is 6.70. The Morgan fingerprint density at radius 2 is 1.85 bits per heavy atom. The van der Waals surface area contributed by atoms with Crippen LogP contribution in [0.2, 0.25) is 0 Å². The van der Waals surface area contributed by atoms with Gasteiger partial charge in [-0.05, 0) is 41.5 Å². The quantitative estimate of drug-likeness (QED) is 0.713. The minimum Gasteiger partial charge on any atom is -0.337 e. The molecule has 0 aliphatic rings. The summed E-state index contributed by atoms with van der Waals surface area (Å²) >= 11 is 9.23. The van der Waals surface area contributed by atoms with Crippen molar-refractivity contribution in [1.29, 1.82) is 0 Å². The maximum absolute atomic E-state index is 12.5. The van der Waals surface area contributed by atoms with E-state index in [2.05, 4.69) is 22.9 Å². The zero-order chi connectivity index (χ0) is 14.5. The van der Waals surface area contributed by atoms with Gasteiger partial charge in [0.2, 0.25) is 0 Å². The Labute approximate surface area is 132 Å². The molecular weight excluding hydrogens is 338 g/mol. The van der Waals surface area contributed by atoms with Crippen molar-refractivity contribution < 1.29 is 4.79 Å². The molecule has 4 heteroatoms. The van der Waals surface area contributed by atoms with Crippen molar-refractivity contribution in [3.8, 4) is 0 Å². The topological polar surface area (TPSA) is 20.3 Å². The molecule has 0 radical (unpaired) electrons. The van der Waals surface area contributed by atoms with E-state index in [0.29, 0.717) is 12.4 Å². The fraction of sp³-hybridized carbons (Fsp3) is 0.312. The molecule has 2 aromatic carbocycles. The molecule has 2 rings (SSSR count). The van der Waals surface area contributed by atoms with Gasteiger partial charge in [0.05, 0.1) is 0 Å². The number of amides is 1. The van der Waals surface area contributed by atoms with Crippen LogP contribution in [0.25, 0.3) is 10.8 Å². The van der Waals surface area contributed by atoms with E-state index in [-0.39, 0.29) is 5.91 Å². The monoisotopic (exact) mass is 353 g/mol. The summed E-state index contributed by atoms with van der Waals surface area (Å²) in [5, 5.41) is 2.19. The molecule has 0 aromatic heterocycles. The van der Waals surface area contributed by atoms with Crippen LogP contribution in [0.3, 0.4) is 0 Å². The number of alkyl halides is 1. The third kappa shape index (κ3) is 3.53. The Hall–Kier alpha value is -1.06. The van der Waals surface area contributed by atoms with E-state index >= 15 is 0 Å². The Kier molecular flexibility index (Phi) is 5.44. The summed E-state index contributed by atoms with van der Waals surface area (Å²) in [5.41, 5.74) is 0.721. The first-order valence-corrected chi connectivity index (χ1v) is 8.03. The molecule has 20 heavy (non-hydrogen) atoms. The lowest BCUT2D eigenvalue weighted by Gasteiger charge is -2.21. The molecule has 106 valence electrons. The lowest BCUT2D eigenvalue weighted by molar-refractivity contribution is 0.0765. The van der Waals surface area contributed by atoms with Crippen LogP contribution in [-0.4, -0.2) is 29.8 Å². The Bertz CT molecular complexity index is 608. The maximum atomic E-state index is 12.5. The van der Waals surface area contributed by atoms with Crippen LogP contribution in [-0.2, 0) is 0 Å². The van der Waals surface area contributed by atoms with E-state index in [1.54, 1.807) is 0 Å². The van der Waals surface area contributed by atoms with Gasteiger partial charge in [-0.2, -0.15) is 0 Å². The molecule has 0 fully saturated rings. The molecule has 0 saturated heterocycles. The number of nitrogens with zero attached hydrogens (tertiary/aromatic N) is 1. The zero-order valence-corrected chi connectivity index (χ0v) is 13.7. The van der Waals surface area contributed by atoms with Crippen LogP contribution in [0.5, 0.6) is 0 Å². The molecule has 0 atom stereocenters. The van der Waals surface area contributed by atoms with Crippen LogP contribution < -0.4 is 0 Å². The van der Waals surface area contributed by atoms with Crippen molar-refractivity contribution in [3.63, 3.8) is 0 Å². The van der Waals surface area contributed by atoms with Gasteiger partial charge in [0.25, 0.3) is 5.91 Å². The number of carbonyl (C=O) groups is 1. The summed E-state index contributed by atoms with van der Waals surface area (Å²) in [4.78, 5) is 14.3. The summed E-state index contributed by atoms with van der Waals surface area (Å²) in [6, 6.07) is 11.9. The van der Waals surface area contributed by atoms with E-state index in [0.717, 1.165) is 33.8 Å². The van der Waals surface area contributed by atoms with Gasteiger partial charge in [-0.25, -0.2) is 0 Å². The molecule has 0 spiro atoms. The molecule has 0 bridgehead atoms. The molecule has 2 nitrogen and oxygen atoms in total. The molecule has 2 aromatic rings. The molecule has 0 heterocycles. The van der Waals surface area contributed by atoms with Crippen LogP contribution in [0, 0.1) is 0 Å². The maximum Gasteiger partial charge on any atom is 0.253 e. The van der Waals surface area contributed by atoms with Crippen molar-refractivity contribution in [2.24, 2.45) is 0 Å². The van der Waals surface area contributed by atoms with Crippen LogP contribution >= 0.6 is 27.5 Å². The fourth-order valence-electron chi connectivity index (χ4n) is 2.22. The number of hydrogen-bond acceptors (Lipinski definition) is 1. The molecule has 1 amide bonds. The minimum atomic E-state index is 0.0531. The van der Waals surface area contributed by atoms with E-state index in [9.17, 15) is 4.79 Å². The number of halogens is 2. The molecule has 0 aliphatic carbocycles. The second kappa shape index (κ2) is 7.09. The summed E-state index contributed by atoms with van der Waals surface area (Å²) in [6.07, 6.45) is 0.934. The summed E-state index contributed by atoms with van der Waals surface area (Å²) < 4.78 is 1.04. The first kappa shape index (κ1) is 15.3. The Morgan fingerprint density at radius 3 is 2.55 bits per heavy atom. The predicted octanol–water partition coefficient (Wildman–Crippen LogP) is 4.69. The lowest BCUT2D eigenvalue weighted by Crippen LogP contribution is -2.33. The van der Waals surface area contributed by atoms with E-state index in [1.165, 1.54) is 0 Å². The number of rotatable bonds is 5. The van der Waals surface area contributed by atoms with E-state index < -0.39 is 0 Å². The standard InChI is InChI=1S/C16H17BrClNO/c1-2-8-19(9-7-18)16(20)14-4-3-13-11-15(17)6-5-12(13)10-14/h3-6,10-11H,2,7-9H2,1H3. The largest absolute Gasteiger partial charge is 0.337 e. The summed E-state index contributed by atoms with van der Waals surface area (Å²) in [7, 11) is 0. The van der Waals surface area contributed by atoms with Gasteiger partial charge in [0, 0.05) is 29.0 Å². The van der Waals surface area contributed by atoms with Crippen LogP contribution in [0.15, 0.2) is 40.9 Å². The molecule has 0 aliphatic heterocycles. The lowest BCUT2D eigenvalue weighted by atomic mass is 10.1. The van der Waals surface area contributed by atoms with Crippen molar-refractivity contribution >= 4 is 44.2 Å².